The van der Waals surface area contributed by atoms with Gasteiger partial charge in [0.1, 0.15) is 21.1 Å². The molecule has 1 aromatic carbocycles. The van der Waals surface area contributed by atoms with E-state index >= 15 is 0 Å². The quantitative estimate of drug-likeness (QED) is 0.668. The summed E-state index contributed by atoms with van der Waals surface area (Å²) in [6.07, 6.45) is 0. The van der Waals surface area contributed by atoms with Crippen molar-refractivity contribution in [1.29, 1.82) is 0 Å². The number of carbonyl (C=O) groups is 2. The Morgan fingerprint density at radius 1 is 1.28 bits per heavy atom. The Balaban J connectivity index is 1.66. The van der Waals surface area contributed by atoms with Gasteiger partial charge < -0.3 is 10.2 Å². The number of thiophene rings is 1. The van der Waals surface area contributed by atoms with Crippen molar-refractivity contribution in [2.45, 2.75) is 0 Å². The van der Waals surface area contributed by atoms with Gasteiger partial charge in [-0.05, 0) is 34.1 Å². The fourth-order valence-corrected chi connectivity index (χ4v) is 3.70. The number of halogens is 3. The molecule has 2 amide bonds. The second kappa shape index (κ2) is 6.89. The third-order valence-electron chi connectivity index (χ3n) is 3.29. The van der Waals surface area contributed by atoms with Crippen LogP contribution in [0.15, 0.2) is 28.9 Å². The van der Waals surface area contributed by atoms with Crippen molar-refractivity contribution < 1.29 is 18.4 Å². The Morgan fingerprint density at radius 2 is 1.96 bits per heavy atom. The van der Waals surface area contributed by atoms with Gasteiger partial charge in [-0.2, -0.15) is 5.10 Å². The number of hydrogen-bond acceptors (Lipinski definition) is 4. The number of aromatic amines is 1. The first-order chi connectivity index (χ1) is 11.8. The van der Waals surface area contributed by atoms with E-state index in [2.05, 4.69) is 31.4 Å². The summed E-state index contributed by atoms with van der Waals surface area (Å²) in [4.78, 5) is 26.7. The number of rotatable bonds is 4. The van der Waals surface area contributed by atoms with Crippen LogP contribution < -0.4 is 5.32 Å². The summed E-state index contributed by atoms with van der Waals surface area (Å²) in [5.41, 5.74) is -0.0122. The standard InChI is InChI=1S/C15H11BrF2N4O2S/c1-22(6-12(23)19-9-3-7(17)2-8(18)4-9)15(24)11-5-10-13(16)20-21-14(10)25-11/h2-5H,6H2,1H3,(H,19,23)(H,20,21). The summed E-state index contributed by atoms with van der Waals surface area (Å²) in [5, 5.41) is 9.92. The number of nitrogens with zero attached hydrogens (tertiary/aromatic N) is 2. The molecule has 25 heavy (non-hydrogen) atoms. The molecular formula is C15H11BrF2N4O2S. The van der Waals surface area contributed by atoms with E-state index in [1.165, 1.54) is 23.3 Å². The lowest BCUT2D eigenvalue weighted by Gasteiger charge is -2.16. The molecule has 3 rings (SSSR count). The first kappa shape index (κ1) is 17.5. The number of fused-ring (bicyclic) bond motifs is 1. The smallest absolute Gasteiger partial charge is 0.264 e. The van der Waals surface area contributed by atoms with Gasteiger partial charge in [0.2, 0.25) is 5.91 Å². The zero-order chi connectivity index (χ0) is 18.1. The minimum absolute atomic E-state index is 0.0122. The molecule has 130 valence electrons. The van der Waals surface area contributed by atoms with Crippen LogP contribution in [0, 0.1) is 11.6 Å². The van der Waals surface area contributed by atoms with Crippen LogP contribution in [-0.4, -0.2) is 40.5 Å². The van der Waals surface area contributed by atoms with Crippen molar-refractivity contribution in [2.24, 2.45) is 0 Å². The van der Waals surface area contributed by atoms with Gasteiger partial charge in [-0.3, -0.25) is 14.7 Å². The molecule has 0 spiro atoms. The first-order valence-corrected chi connectivity index (χ1v) is 8.59. The van der Waals surface area contributed by atoms with E-state index in [-0.39, 0.29) is 18.1 Å². The highest BCUT2D eigenvalue weighted by molar-refractivity contribution is 9.10. The number of aromatic nitrogens is 2. The molecule has 6 nitrogen and oxygen atoms in total. The molecule has 0 bridgehead atoms. The van der Waals surface area contributed by atoms with E-state index in [1.54, 1.807) is 6.07 Å². The number of amides is 2. The molecule has 0 aliphatic heterocycles. The van der Waals surface area contributed by atoms with Gasteiger partial charge in [-0.15, -0.1) is 11.3 Å². The highest BCUT2D eigenvalue weighted by atomic mass is 79.9. The van der Waals surface area contributed by atoms with Crippen LogP contribution in [0.25, 0.3) is 10.2 Å². The summed E-state index contributed by atoms with van der Waals surface area (Å²) in [6, 6.07) is 4.37. The highest BCUT2D eigenvalue weighted by Crippen LogP contribution is 2.29. The molecular weight excluding hydrogens is 418 g/mol. The lowest BCUT2D eigenvalue weighted by atomic mass is 10.3. The van der Waals surface area contributed by atoms with Gasteiger partial charge in [0, 0.05) is 24.2 Å². The van der Waals surface area contributed by atoms with Gasteiger partial charge in [0.25, 0.3) is 5.91 Å². The summed E-state index contributed by atoms with van der Waals surface area (Å²) in [6.45, 7) is -0.264. The third-order valence-corrected chi connectivity index (χ3v) is 4.91. The predicted octanol–water partition coefficient (Wildman–Crippen LogP) is 3.38. The molecule has 0 fully saturated rings. The number of H-pyrrole nitrogens is 1. The van der Waals surface area contributed by atoms with Crippen LogP contribution in [0.5, 0.6) is 0 Å². The maximum Gasteiger partial charge on any atom is 0.264 e. The maximum atomic E-state index is 13.1. The fraction of sp³-hybridized carbons (Fsp3) is 0.133. The van der Waals surface area contributed by atoms with Crippen molar-refractivity contribution in [2.75, 3.05) is 18.9 Å². The molecule has 2 aromatic heterocycles. The SMILES string of the molecule is CN(CC(=O)Nc1cc(F)cc(F)c1)C(=O)c1cc2c(Br)[nH]nc2s1. The molecule has 0 saturated heterocycles. The van der Waals surface area contributed by atoms with Gasteiger partial charge in [-0.1, -0.05) is 0 Å². The van der Waals surface area contributed by atoms with Crippen molar-refractivity contribution in [3.63, 3.8) is 0 Å². The number of hydrogen-bond donors (Lipinski definition) is 2. The molecule has 0 saturated carbocycles. The van der Waals surface area contributed by atoms with Crippen LogP contribution in [0.2, 0.25) is 0 Å². The number of nitrogens with one attached hydrogen (secondary N) is 2. The average molecular weight is 429 g/mol. The fourth-order valence-electron chi connectivity index (χ4n) is 2.19. The van der Waals surface area contributed by atoms with E-state index in [4.69, 9.17) is 0 Å². The molecule has 0 atom stereocenters. The zero-order valence-corrected chi connectivity index (χ0v) is 15.2. The lowest BCUT2D eigenvalue weighted by molar-refractivity contribution is -0.116. The minimum atomic E-state index is -0.799. The van der Waals surface area contributed by atoms with Gasteiger partial charge in [-0.25, -0.2) is 8.78 Å². The number of anilines is 1. The first-order valence-electron chi connectivity index (χ1n) is 6.98. The highest BCUT2D eigenvalue weighted by Gasteiger charge is 2.19. The molecule has 3 aromatic rings. The normalized spacial score (nSPS) is 10.9. The molecule has 0 aliphatic carbocycles. The molecule has 0 radical (unpaired) electrons. The van der Waals surface area contributed by atoms with E-state index in [0.717, 1.165) is 17.5 Å². The van der Waals surface area contributed by atoms with E-state index in [9.17, 15) is 18.4 Å². The number of carbonyl (C=O) groups excluding carboxylic acids is 2. The van der Waals surface area contributed by atoms with Crippen LogP contribution in [0.3, 0.4) is 0 Å². The van der Waals surface area contributed by atoms with E-state index in [0.29, 0.717) is 20.4 Å². The van der Waals surface area contributed by atoms with Crippen LogP contribution >= 0.6 is 27.3 Å². The third kappa shape index (κ3) is 3.85. The Bertz CT molecular complexity index is 952. The van der Waals surface area contributed by atoms with Crippen LogP contribution in [0.4, 0.5) is 14.5 Å². The van der Waals surface area contributed by atoms with Gasteiger partial charge in [0.15, 0.2) is 0 Å². The van der Waals surface area contributed by atoms with Gasteiger partial charge >= 0.3 is 0 Å². The average Bonchev–Trinajstić information content (AvgIpc) is 3.07. The second-order valence-electron chi connectivity index (χ2n) is 5.23. The van der Waals surface area contributed by atoms with Crippen molar-refractivity contribution in [3.8, 4) is 0 Å². The molecule has 0 aliphatic rings. The summed E-state index contributed by atoms with van der Waals surface area (Å²) < 4.78 is 26.9. The molecule has 2 N–H and O–H groups in total. The molecule has 0 unspecified atom stereocenters. The van der Waals surface area contributed by atoms with Gasteiger partial charge in [0.05, 0.1) is 11.4 Å². The van der Waals surface area contributed by atoms with Crippen molar-refractivity contribution in [1.82, 2.24) is 15.1 Å². The molecule has 2 heterocycles. The van der Waals surface area contributed by atoms with E-state index in [1.807, 2.05) is 0 Å². The summed E-state index contributed by atoms with van der Waals surface area (Å²) in [7, 11) is 1.47. The maximum absolute atomic E-state index is 13.1. The molecule has 10 heteroatoms. The van der Waals surface area contributed by atoms with Crippen LogP contribution in [0.1, 0.15) is 9.67 Å². The van der Waals surface area contributed by atoms with E-state index < -0.39 is 17.5 Å². The topological polar surface area (TPSA) is 78.1 Å². The largest absolute Gasteiger partial charge is 0.332 e. The monoisotopic (exact) mass is 428 g/mol. The minimum Gasteiger partial charge on any atom is -0.332 e. The zero-order valence-electron chi connectivity index (χ0n) is 12.8. The Labute approximate surface area is 152 Å². The summed E-state index contributed by atoms with van der Waals surface area (Å²) in [5.74, 6) is -2.52. The van der Waals surface area contributed by atoms with Crippen molar-refractivity contribution in [3.05, 3.63) is 45.4 Å². The predicted molar refractivity (Wildman–Crippen MR) is 93.6 cm³/mol. The lowest BCUT2D eigenvalue weighted by Crippen LogP contribution is -2.34. The number of likely N-dealkylation sites (N-methyl/N-ethyl adjacent to an activating group) is 1. The Morgan fingerprint density at radius 3 is 2.60 bits per heavy atom. The van der Waals surface area contributed by atoms with Crippen molar-refractivity contribution >= 4 is 55.0 Å². The Hall–Kier alpha value is -2.33. The summed E-state index contributed by atoms with van der Waals surface area (Å²) >= 11 is 4.49. The Kier molecular flexibility index (Phi) is 4.82. The second-order valence-corrected chi connectivity index (χ2v) is 7.06. The number of benzene rings is 1. The van der Waals surface area contributed by atoms with Crippen LogP contribution in [-0.2, 0) is 4.79 Å².